The summed E-state index contributed by atoms with van der Waals surface area (Å²) in [6.07, 6.45) is -0.602. The molecule has 0 saturated carbocycles. The molecule has 2 aromatic heterocycles. The first-order chi connectivity index (χ1) is 9.45. The Labute approximate surface area is 118 Å². The molecule has 106 valence electrons. The topological polar surface area (TPSA) is 50.7 Å². The molecule has 8 heteroatoms. The molecule has 2 aromatic rings. The Bertz CT molecular complexity index is 575. The van der Waals surface area contributed by atoms with Gasteiger partial charge in [0, 0.05) is 25.0 Å². The van der Waals surface area contributed by atoms with Gasteiger partial charge in [-0.15, -0.1) is 0 Å². The highest BCUT2D eigenvalue weighted by atomic mass is 35.5. The fourth-order valence-electron chi connectivity index (χ4n) is 1.53. The van der Waals surface area contributed by atoms with E-state index in [9.17, 15) is 13.2 Å². The number of anilines is 1. The number of pyridine rings is 1. The molecule has 0 aliphatic carbocycles. The summed E-state index contributed by atoms with van der Waals surface area (Å²) < 4.78 is 37.7. The van der Waals surface area contributed by atoms with Gasteiger partial charge in [0.1, 0.15) is 5.82 Å². The first-order valence-corrected chi connectivity index (χ1v) is 6.07. The van der Waals surface area contributed by atoms with Gasteiger partial charge in [0.15, 0.2) is 5.69 Å². The molecule has 4 nitrogen and oxygen atoms in total. The standard InChI is InChI=1S/C12H10ClF3N4/c13-11-19-9(12(14,15)16)6-10(20-11)18-5-3-8-2-1-4-17-7-8/h1-2,4,6-7H,3,5H2,(H,18,19,20). The molecule has 20 heavy (non-hydrogen) atoms. The monoisotopic (exact) mass is 302 g/mol. The number of nitrogens with zero attached hydrogens (tertiary/aromatic N) is 3. The van der Waals surface area contributed by atoms with Gasteiger partial charge in [0.05, 0.1) is 0 Å². The van der Waals surface area contributed by atoms with Crippen LogP contribution in [-0.2, 0) is 12.6 Å². The molecule has 0 amide bonds. The van der Waals surface area contributed by atoms with Crippen LogP contribution >= 0.6 is 11.6 Å². The fourth-order valence-corrected chi connectivity index (χ4v) is 1.72. The maximum atomic E-state index is 12.6. The Morgan fingerprint density at radius 1 is 1.25 bits per heavy atom. The average molecular weight is 303 g/mol. The van der Waals surface area contributed by atoms with Gasteiger partial charge in [0.2, 0.25) is 5.28 Å². The summed E-state index contributed by atoms with van der Waals surface area (Å²) in [7, 11) is 0. The van der Waals surface area contributed by atoms with Crippen LogP contribution in [0.5, 0.6) is 0 Å². The van der Waals surface area contributed by atoms with E-state index < -0.39 is 17.2 Å². The molecule has 0 radical (unpaired) electrons. The van der Waals surface area contributed by atoms with Crippen LogP contribution in [-0.4, -0.2) is 21.5 Å². The minimum atomic E-state index is -4.55. The smallest absolute Gasteiger partial charge is 0.370 e. The molecule has 0 unspecified atom stereocenters. The van der Waals surface area contributed by atoms with Gasteiger partial charge in [-0.1, -0.05) is 6.07 Å². The van der Waals surface area contributed by atoms with E-state index in [1.807, 2.05) is 6.07 Å². The molecule has 0 aliphatic rings. The highest BCUT2D eigenvalue weighted by Gasteiger charge is 2.33. The Morgan fingerprint density at radius 2 is 2.05 bits per heavy atom. The van der Waals surface area contributed by atoms with Crippen molar-refractivity contribution in [3.63, 3.8) is 0 Å². The van der Waals surface area contributed by atoms with E-state index in [-0.39, 0.29) is 5.82 Å². The number of alkyl halides is 3. The van der Waals surface area contributed by atoms with E-state index in [2.05, 4.69) is 20.3 Å². The molecule has 2 heterocycles. The zero-order chi connectivity index (χ0) is 14.6. The van der Waals surface area contributed by atoms with Crippen LogP contribution in [0.2, 0.25) is 5.28 Å². The Morgan fingerprint density at radius 3 is 2.70 bits per heavy atom. The molecule has 0 saturated heterocycles. The molecule has 0 spiro atoms. The molecule has 0 atom stereocenters. The second-order valence-electron chi connectivity index (χ2n) is 3.94. The molecule has 1 N–H and O–H groups in total. The van der Waals surface area contributed by atoms with E-state index in [0.29, 0.717) is 13.0 Å². The average Bonchev–Trinajstić information content (AvgIpc) is 2.38. The van der Waals surface area contributed by atoms with Crippen molar-refractivity contribution >= 4 is 17.4 Å². The molecule has 0 aliphatic heterocycles. The van der Waals surface area contributed by atoms with Crippen molar-refractivity contribution in [1.29, 1.82) is 0 Å². The third kappa shape index (κ3) is 4.06. The van der Waals surface area contributed by atoms with Gasteiger partial charge in [0.25, 0.3) is 0 Å². The molecule has 0 fully saturated rings. The van der Waals surface area contributed by atoms with Crippen molar-refractivity contribution in [1.82, 2.24) is 15.0 Å². The van der Waals surface area contributed by atoms with Gasteiger partial charge in [-0.2, -0.15) is 13.2 Å². The summed E-state index contributed by atoms with van der Waals surface area (Å²) in [6, 6.07) is 4.50. The van der Waals surface area contributed by atoms with Crippen LogP contribution in [0.15, 0.2) is 30.6 Å². The van der Waals surface area contributed by atoms with Crippen LogP contribution < -0.4 is 5.32 Å². The highest BCUT2D eigenvalue weighted by molar-refractivity contribution is 6.28. The minimum absolute atomic E-state index is 0.0428. The van der Waals surface area contributed by atoms with Crippen LogP contribution in [0.25, 0.3) is 0 Å². The van der Waals surface area contributed by atoms with Crippen molar-refractivity contribution in [2.45, 2.75) is 12.6 Å². The number of nitrogens with one attached hydrogen (secondary N) is 1. The Kier molecular flexibility index (Phi) is 4.39. The highest BCUT2D eigenvalue weighted by Crippen LogP contribution is 2.29. The van der Waals surface area contributed by atoms with Crippen LogP contribution in [0, 0.1) is 0 Å². The molecule has 2 rings (SSSR count). The number of aromatic nitrogens is 3. The van der Waals surface area contributed by atoms with E-state index >= 15 is 0 Å². The lowest BCUT2D eigenvalue weighted by molar-refractivity contribution is -0.141. The van der Waals surface area contributed by atoms with Gasteiger partial charge in [-0.25, -0.2) is 9.97 Å². The maximum Gasteiger partial charge on any atom is 0.433 e. The van der Waals surface area contributed by atoms with E-state index in [1.54, 1.807) is 18.5 Å². The first kappa shape index (κ1) is 14.5. The first-order valence-electron chi connectivity index (χ1n) is 5.70. The van der Waals surface area contributed by atoms with Crippen molar-refractivity contribution in [2.24, 2.45) is 0 Å². The van der Waals surface area contributed by atoms with E-state index in [1.165, 1.54) is 0 Å². The minimum Gasteiger partial charge on any atom is -0.370 e. The number of hydrogen-bond donors (Lipinski definition) is 1. The SMILES string of the molecule is FC(F)(F)c1cc(NCCc2cccnc2)nc(Cl)n1. The lowest BCUT2D eigenvalue weighted by atomic mass is 10.2. The predicted molar refractivity (Wildman–Crippen MR) is 68.5 cm³/mol. The second kappa shape index (κ2) is 6.04. The Balaban J connectivity index is 2.01. The van der Waals surface area contributed by atoms with Crippen LogP contribution in [0.1, 0.15) is 11.3 Å². The zero-order valence-electron chi connectivity index (χ0n) is 10.2. The van der Waals surface area contributed by atoms with Crippen molar-refractivity contribution in [3.05, 3.63) is 47.1 Å². The third-order valence-corrected chi connectivity index (χ3v) is 2.60. The van der Waals surface area contributed by atoms with Gasteiger partial charge >= 0.3 is 6.18 Å². The molecular weight excluding hydrogens is 293 g/mol. The lowest BCUT2D eigenvalue weighted by Gasteiger charge is -2.09. The quantitative estimate of drug-likeness (QED) is 0.881. The molecule has 0 aromatic carbocycles. The van der Waals surface area contributed by atoms with Gasteiger partial charge < -0.3 is 5.32 Å². The third-order valence-electron chi connectivity index (χ3n) is 2.43. The number of hydrogen-bond acceptors (Lipinski definition) is 4. The summed E-state index contributed by atoms with van der Waals surface area (Å²) >= 11 is 5.48. The van der Waals surface area contributed by atoms with Crippen LogP contribution in [0.3, 0.4) is 0 Å². The van der Waals surface area contributed by atoms with Gasteiger partial charge in [-0.05, 0) is 29.7 Å². The summed E-state index contributed by atoms with van der Waals surface area (Å²) in [5.74, 6) is 0.0428. The van der Waals surface area contributed by atoms with E-state index in [0.717, 1.165) is 11.6 Å². The number of rotatable bonds is 4. The van der Waals surface area contributed by atoms with Crippen molar-refractivity contribution < 1.29 is 13.2 Å². The van der Waals surface area contributed by atoms with Gasteiger partial charge in [-0.3, -0.25) is 4.98 Å². The molecular formula is C12H10ClF3N4. The van der Waals surface area contributed by atoms with Crippen LogP contribution in [0.4, 0.5) is 19.0 Å². The van der Waals surface area contributed by atoms with Crippen molar-refractivity contribution in [3.8, 4) is 0 Å². The summed E-state index contributed by atoms with van der Waals surface area (Å²) in [6.45, 7) is 0.413. The summed E-state index contributed by atoms with van der Waals surface area (Å²) in [5, 5.41) is 2.34. The largest absolute Gasteiger partial charge is 0.433 e. The molecule has 0 bridgehead atoms. The summed E-state index contributed by atoms with van der Waals surface area (Å²) in [4.78, 5) is 10.8. The lowest BCUT2D eigenvalue weighted by Crippen LogP contribution is -2.12. The normalized spacial score (nSPS) is 11.4. The summed E-state index contributed by atoms with van der Waals surface area (Å²) in [5.41, 5.74) is -0.0995. The second-order valence-corrected chi connectivity index (χ2v) is 4.28. The number of halogens is 4. The fraction of sp³-hybridized carbons (Fsp3) is 0.250. The zero-order valence-corrected chi connectivity index (χ0v) is 10.9. The van der Waals surface area contributed by atoms with Crippen molar-refractivity contribution in [2.75, 3.05) is 11.9 Å². The predicted octanol–water partition coefficient (Wildman–Crippen LogP) is 3.20. The maximum absolute atomic E-state index is 12.6. The van der Waals surface area contributed by atoms with E-state index in [4.69, 9.17) is 11.6 Å². The Hall–Kier alpha value is -1.89.